The second-order valence-electron chi connectivity index (χ2n) is 3.64. The highest BCUT2D eigenvalue weighted by Gasteiger charge is 1.91. The van der Waals surface area contributed by atoms with Crippen LogP contribution in [0.4, 0.5) is 0 Å². The van der Waals surface area contributed by atoms with Crippen LogP contribution < -0.4 is 5.32 Å². The average molecular weight is 207 g/mol. The third-order valence-electron chi connectivity index (χ3n) is 2.24. The molecule has 0 spiro atoms. The van der Waals surface area contributed by atoms with Gasteiger partial charge in [0.15, 0.2) is 0 Å². The van der Waals surface area contributed by atoms with Crippen molar-refractivity contribution in [2.45, 2.75) is 26.4 Å². The Morgan fingerprint density at radius 1 is 1.13 bits per heavy atom. The topological polar surface area (TPSA) is 21.3 Å². The van der Waals surface area contributed by atoms with Crippen molar-refractivity contribution in [3.63, 3.8) is 0 Å². The fourth-order valence-electron chi connectivity index (χ4n) is 1.34. The molecule has 0 aliphatic heterocycles. The summed E-state index contributed by atoms with van der Waals surface area (Å²) in [4.78, 5) is 0. The third-order valence-corrected chi connectivity index (χ3v) is 2.24. The van der Waals surface area contributed by atoms with Crippen LogP contribution in [0.5, 0.6) is 0 Å². The number of unbranched alkanes of at least 4 members (excludes halogenated alkanes) is 1. The highest BCUT2D eigenvalue weighted by Crippen LogP contribution is 1.99. The zero-order valence-electron chi connectivity index (χ0n) is 9.54. The standard InChI is InChI=1S/C13H21NO/c1-2-3-9-14-10-11-15-12-13-7-5-4-6-8-13/h4-8,14H,2-3,9-12H2,1H3. The number of rotatable bonds is 8. The number of ether oxygens (including phenoxy) is 1. The molecule has 2 heteroatoms. The summed E-state index contributed by atoms with van der Waals surface area (Å²) in [7, 11) is 0. The molecule has 1 rings (SSSR count). The highest BCUT2D eigenvalue weighted by molar-refractivity contribution is 5.13. The smallest absolute Gasteiger partial charge is 0.0717 e. The summed E-state index contributed by atoms with van der Waals surface area (Å²) in [5.74, 6) is 0. The highest BCUT2D eigenvalue weighted by atomic mass is 16.5. The first-order chi connectivity index (χ1) is 7.43. The van der Waals surface area contributed by atoms with Gasteiger partial charge in [-0.1, -0.05) is 43.7 Å². The summed E-state index contributed by atoms with van der Waals surface area (Å²) in [6.07, 6.45) is 2.50. The molecule has 0 saturated carbocycles. The minimum absolute atomic E-state index is 0.719. The average Bonchev–Trinajstić information content (AvgIpc) is 2.29. The largest absolute Gasteiger partial charge is 0.375 e. The summed E-state index contributed by atoms with van der Waals surface area (Å²) in [6.45, 7) is 5.76. The van der Waals surface area contributed by atoms with E-state index in [-0.39, 0.29) is 0 Å². The molecule has 0 aromatic heterocycles. The van der Waals surface area contributed by atoms with Gasteiger partial charge in [0.05, 0.1) is 13.2 Å². The van der Waals surface area contributed by atoms with Gasteiger partial charge in [0, 0.05) is 6.54 Å². The van der Waals surface area contributed by atoms with E-state index >= 15 is 0 Å². The fourth-order valence-corrected chi connectivity index (χ4v) is 1.34. The van der Waals surface area contributed by atoms with Gasteiger partial charge in [-0.15, -0.1) is 0 Å². The number of nitrogens with one attached hydrogen (secondary N) is 1. The molecule has 0 bridgehead atoms. The molecule has 0 unspecified atom stereocenters. The number of benzene rings is 1. The molecule has 0 fully saturated rings. The quantitative estimate of drug-likeness (QED) is 0.662. The lowest BCUT2D eigenvalue weighted by molar-refractivity contribution is 0.123. The maximum atomic E-state index is 5.54. The van der Waals surface area contributed by atoms with Gasteiger partial charge in [0.25, 0.3) is 0 Å². The van der Waals surface area contributed by atoms with Crippen molar-refractivity contribution < 1.29 is 4.74 Å². The predicted molar refractivity (Wildman–Crippen MR) is 63.9 cm³/mol. The van der Waals surface area contributed by atoms with Crippen LogP contribution in [0.15, 0.2) is 30.3 Å². The van der Waals surface area contributed by atoms with Crippen LogP contribution in [0.2, 0.25) is 0 Å². The molecule has 1 aromatic carbocycles. The maximum Gasteiger partial charge on any atom is 0.0717 e. The summed E-state index contributed by atoms with van der Waals surface area (Å²) < 4.78 is 5.54. The zero-order valence-corrected chi connectivity index (χ0v) is 9.54. The van der Waals surface area contributed by atoms with E-state index in [0.717, 1.165) is 26.3 Å². The number of hydrogen-bond acceptors (Lipinski definition) is 2. The van der Waals surface area contributed by atoms with E-state index < -0.39 is 0 Å². The molecular formula is C13H21NO. The Labute approximate surface area is 92.6 Å². The van der Waals surface area contributed by atoms with E-state index in [2.05, 4.69) is 24.4 Å². The van der Waals surface area contributed by atoms with E-state index in [1.54, 1.807) is 0 Å². The molecule has 0 radical (unpaired) electrons. The first-order valence-corrected chi connectivity index (χ1v) is 5.76. The SMILES string of the molecule is CCCCNCCOCc1ccccc1. The van der Waals surface area contributed by atoms with Gasteiger partial charge in [-0.05, 0) is 18.5 Å². The monoisotopic (exact) mass is 207 g/mol. The van der Waals surface area contributed by atoms with Gasteiger partial charge in [-0.25, -0.2) is 0 Å². The summed E-state index contributed by atoms with van der Waals surface area (Å²) in [6, 6.07) is 10.3. The number of hydrogen-bond donors (Lipinski definition) is 1. The second-order valence-corrected chi connectivity index (χ2v) is 3.64. The van der Waals surface area contributed by atoms with E-state index in [9.17, 15) is 0 Å². The van der Waals surface area contributed by atoms with Gasteiger partial charge in [0.2, 0.25) is 0 Å². The molecule has 0 atom stereocenters. The zero-order chi connectivity index (χ0) is 10.8. The summed E-state index contributed by atoms with van der Waals surface area (Å²) >= 11 is 0. The first-order valence-electron chi connectivity index (χ1n) is 5.76. The molecule has 1 aromatic rings. The van der Waals surface area contributed by atoms with Crippen LogP contribution in [0.25, 0.3) is 0 Å². The van der Waals surface area contributed by atoms with E-state index in [0.29, 0.717) is 0 Å². The normalized spacial score (nSPS) is 10.5. The van der Waals surface area contributed by atoms with Crippen molar-refractivity contribution in [3.8, 4) is 0 Å². The van der Waals surface area contributed by atoms with E-state index in [1.165, 1.54) is 18.4 Å². The lowest BCUT2D eigenvalue weighted by Gasteiger charge is -2.05. The van der Waals surface area contributed by atoms with Gasteiger partial charge in [-0.2, -0.15) is 0 Å². The van der Waals surface area contributed by atoms with Crippen molar-refractivity contribution in [2.24, 2.45) is 0 Å². The Hall–Kier alpha value is -0.860. The molecule has 0 aliphatic rings. The molecule has 84 valence electrons. The second kappa shape index (κ2) is 8.45. The lowest BCUT2D eigenvalue weighted by atomic mass is 10.2. The molecule has 0 amide bonds. The van der Waals surface area contributed by atoms with Crippen molar-refractivity contribution in [1.29, 1.82) is 0 Å². The molecule has 15 heavy (non-hydrogen) atoms. The van der Waals surface area contributed by atoms with Crippen molar-refractivity contribution >= 4 is 0 Å². The van der Waals surface area contributed by atoms with Gasteiger partial charge in [0.1, 0.15) is 0 Å². The minimum atomic E-state index is 0.719. The lowest BCUT2D eigenvalue weighted by Crippen LogP contribution is -2.20. The Kier molecular flexibility index (Phi) is 6.88. The van der Waals surface area contributed by atoms with Crippen molar-refractivity contribution in [3.05, 3.63) is 35.9 Å². The maximum absolute atomic E-state index is 5.54. The van der Waals surface area contributed by atoms with Gasteiger partial charge < -0.3 is 10.1 Å². The third kappa shape index (κ3) is 6.26. The molecule has 0 heterocycles. The van der Waals surface area contributed by atoms with Gasteiger partial charge in [-0.3, -0.25) is 0 Å². The molecule has 0 aliphatic carbocycles. The summed E-state index contributed by atoms with van der Waals surface area (Å²) in [5, 5.41) is 3.35. The Morgan fingerprint density at radius 3 is 2.67 bits per heavy atom. The summed E-state index contributed by atoms with van der Waals surface area (Å²) in [5.41, 5.74) is 1.24. The molecular weight excluding hydrogens is 186 g/mol. The molecule has 0 saturated heterocycles. The predicted octanol–water partition coefficient (Wildman–Crippen LogP) is 2.59. The molecule has 2 nitrogen and oxygen atoms in total. The van der Waals surface area contributed by atoms with Crippen LogP contribution >= 0.6 is 0 Å². The Bertz CT molecular complexity index is 236. The van der Waals surface area contributed by atoms with Crippen LogP contribution in [-0.2, 0) is 11.3 Å². The molecule has 1 N–H and O–H groups in total. The minimum Gasteiger partial charge on any atom is -0.375 e. The van der Waals surface area contributed by atoms with Crippen molar-refractivity contribution in [2.75, 3.05) is 19.7 Å². The van der Waals surface area contributed by atoms with Crippen LogP contribution in [-0.4, -0.2) is 19.7 Å². The Balaban J connectivity index is 1.93. The van der Waals surface area contributed by atoms with Crippen LogP contribution in [0.1, 0.15) is 25.3 Å². The van der Waals surface area contributed by atoms with Crippen LogP contribution in [0, 0.1) is 0 Å². The van der Waals surface area contributed by atoms with Crippen LogP contribution in [0.3, 0.4) is 0 Å². The Morgan fingerprint density at radius 2 is 1.93 bits per heavy atom. The first kappa shape index (κ1) is 12.2. The van der Waals surface area contributed by atoms with Crippen molar-refractivity contribution in [1.82, 2.24) is 5.32 Å². The van der Waals surface area contributed by atoms with Gasteiger partial charge >= 0.3 is 0 Å². The van der Waals surface area contributed by atoms with E-state index in [1.807, 2.05) is 18.2 Å². The fraction of sp³-hybridized carbons (Fsp3) is 0.538. The van der Waals surface area contributed by atoms with E-state index in [4.69, 9.17) is 4.74 Å².